The van der Waals surface area contributed by atoms with E-state index in [0.29, 0.717) is 56.9 Å². The van der Waals surface area contributed by atoms with Crippen LogP contribution < -0.4 is 15.5 Å². The van der Waals surface area contributed by atoms with Crippen LogP contribution in [0.2, 0.25) is 0 Å². The number of anilines is 3. The highest BCUT2D eigenvalue weighted by Gasteiger charge is 2.26. The molecule has 0 radical (unpaired) electrons. The second-order valence-electron chi connectivity index (χ2n) is 8.79. The Kier molecular flexibility index (Phi) is 8.33. The summed E-state index contributed by atoms with van der Waals surface area (Å²) in [6.07, 6.45) is 4.99. The molecule has 4 heterocycles. The average Bonchev–Trinajstić information content (AvgIpc) is 3.33. The summed E-state index contributed by atoms with van der Waals surface area (Å²) < 4.78 is 12.1. The number of carbonyl (C=O) groups is 2. The molecule has 0 bridgehead atoms. The first-order valence-electron chi connectivity index (χ1n) is 12.3. The number of carbonyl (C=O) groups excluding carboxylic acids is 2. The van der Waals surface area contributed by atoms with Gasteiger partial charge in [-0.3, -0.25) is 4.68 Å². The lowest BCUT2D eigenvalue weighted by atomic mass is 10.2. The Morgan fingerprint density at radius 1 is 1.11 bits per heavy atom. The third-order valence-electron chi connectivity index (χ3n) is 5.92. The average molecular weight is 512 g/mol. The van der Waals surface area contributed by atoms with Gasteiger partial charge < -0.3 is 29.9 Å². The monoisotopic (exact) mass is 511 g/mol. The number of nitrogens with zero attached hydrogens (tertiary/aromatic N) is 7. The number of aromatic nitrogens is 5. The molecule has 13 nitrogen and oxygen atoms in total. The zero-order chi connectivity index (χ0) is 26.4. The molecule has 2 N–H and O–H groups in total. The molecule has 37 heavy (non-hydrogen) atoms. The molecule has 0 aromatic carbocycles. The van der Waals surface area contributed by atoms with Gasteiger partial charge in [-0.25, -0.2) is 19.6 Å². The minimum atomic E-state index is -0.496. The summed E-state index contributed by atoms with van der Waals surface area (Å²) in [6, 6.07) is 1.95. The van der Waals surface area contributed by atoms with Crippen LogP contribution in [0.4, 0.5) is 22.4 Å². The molecule has 3 aromatic heterocycles. The van der Waals surface area contributed by atoms with Crippen molar-refractivity contribution in [3.63, 3.8) is 0 Å². The Labute approximate surface area is 215 Å². The van der Waals surface area contributed by atoms with E-state index in [0.717, 1.165) is 10.9 Å². The van der Waals surface area contributed by atoms with Gasteiger partial charge in [0.05, 0.1) is 24.9 Å². The maximum atomic E-state index is 12.7. The predicted molar refractivity (Wildman–Crippen MR) is 138 cm³/mol. The molecule has 198 valence electrons. The highest BCUT2D eigenvalue weighted by atomic mass is 16.5. The van der Waals surface area contributed by atoms with Crippen molar-refractivity contribution in [2.24, 2.45) is 0 Å². The molecule has 0 saturated carbocycles. The Morgan fingerprint density at radius 3 is 2.59 bits per heavy atom. The highest BCUT2D eigenvalue weighted by molar-refractivity contribution is 5.95. The van der Waals surface area contributed by atoms with E-state index in [4.69, 9.17) is 9.47 Å². The topological polar surface area (TPSA) is 140 Å². The molecule has 1 fully saturated rings. The highest BCUT2D eigenvalue weighted by Crippen LogP contribution is 2.25. The van der Waals surface area contributed by atoms with Gasteiger partial charge in [-0.1, -0.05) is 0 Å². The van der Waals surface area contributed by atoms with Crippen LogP contribution in [0, 0.1) is 0 Å². The van der Waals surface area contributed by atoms with Crippen molar-refractivity contribution in [3.05, 3.63) is 30.2 Å². The van der Waals surface area contributed by atoms with E-state index in [9.17, 15) is 9.59 Å². The van der Waals surface area contributed by atoms with E-state index < -0.39 is 5.97 Å². The maximum Gasteiger partial charge on any atom is 0.343 e. The van der Waals surface area contributed by atoms with E-state index in [2.05, 4.69) is 44.5 Å². The quantitative estimate of drug-likeness (QED) is 0.325. The molecule has 0 unspecified atom stereocenters. The molecule has 4 rings (SSSR count). The van der Waals surface area contributed by atoms with Crippen LogP contribution in [-0.2, 0) is 9.47 Å². The zero-order valence-corrected chi connectivity index (χ0v) is 21.6. The summed E-state index contributed by atoms with van der Waals surface area (Å²) in [5, 5.41) is 11.3. The number of amides is 2. The first-order valence-corrected chi connectivity index (χ1v) is 12.3. The van der Waals surface area contributed by atoms with Crippen molar-refractivity contribution in [2.75, 3.05) is 63.3 Å². The van der Waals surface area contributed by atoms with Crippen LogP contribution in [0.5, 0.6) is 0 Å². The zero-order valence-electron chi connectivity index (χ0n) is 21.6. The SMILES string of the molecule is CCOC(=O)c1cnc(Nc2cc3c(cn2)cnn3C(C)C)nc1N1CCN(C(=O)NCCOC)CC1. The number of urea groups is 1. The summed E-state index contributed by atoms with van der Waals surface area (Å²) in [4.78, 5) is 42.2. The van der Waals surface area contributed by atoms with Crippen LogP contribution in [-0.4, -0.2) is 94.7 Å². The number of nitrogens with one attached hydrogen (secondary N) is 2. The lowest BCUT2D eigenvalue weighted by molar-refractivity contribution is 0.0526. The van der Waals surface area contributed by atoms with E-state index >= 15 is 0 Å². The summed E-state index contributed by atoms with van der Waals surface area (Å²) in [5.41, 5.74) is 1.21. The molecular formula is C24H33N9O4. The van der Waals surface area contributed by atoms with Gasteiger partial charge >= 0.3 is 12.0 Å². The number of fused-ring (bicyclic) bond motifs is 1. The molecule has 13 heteroatoms. The van der Waals surface area contributed by atoms with E-state index in [1.54, 1.807) is 31.3 Å². The largest absolute Gasteiger partial charge is 0.462 e. The van der Waals surface area contributed by atoms with Crippen LogP contribution >= 0.6 is 0 Å². The molecule has 1 saturated heterocycles. The van der Waals surface area contributed by atoms with Crippen molar-refractivity contribution >= 4 is 40.5 Å². The van der Waals surface area contributed by atoms with E-state index in [1.165, 1.54) is 6.20 Å². The second-order valence-corrected chi connectivity index (χ2v) is 8.79. The number of esters is 1. The van der Waals surface area contributed by atoms with Crippen molar-refractivity contribution in [1.82, 2.24) is 34.9 Å². The first kappa shape index (κ1) is 26.1. The van der Waals surface area contributed by atoms with Crippen LogP contribution in [0.1, 0.15) is 37.2 Å². The molecule has 2 amide bonds. The molecule has 0 aliphatic carbocycles. The molecule has 3 aromatic rings. The Morgan fingerprint density at radius 2 is 1.89 bits per heavy atom. The van der Waals surface area contributed by atoms with Gasteiger partial charge in [-0.05, 0) is 20.8 Å². The van der Waals surface area contributed by atoms with Crippen molar-refractivity contribution in [2.45, 2.75) is 26.8 Å². The second kappa shape index (κ2) is 11.8. The molecule has 0 atom stereocenters. The summed E-state index contributed by atoms with van der Waals surface area (Å²) >= 11 is 0. The number of rotatable bonds is 9. The third-order valence-corrected chi connectivity index (χ3v) is 5.92. The van der Waals surface area contributed by atoms with Gasteiger partial charge in [0.15, 0.2) is 0 Å². The number of hydrogen-bond donors (Lipinski definition) is 2. The number of ether oxygens (including phenoxy) is 2. The Bertz CT molecular complexity index is 1240. The lowest BCUT2D eigenvalue weighted by Crippen LogP contribution is -2.52. The molecule has 1 aliphatic heterocycles. The minimum Gasteiger partial charge on any atom is -0.462 e. The van der Waals surface area contributed by atoms with E-state index in [1.807, 2.05) is 15.6 Å². The van der Waals surface area contributed by atoms with E-state index in [-0.39, 0.29) is 24.2 Å². The van der Waals surface area contributed by atoms with Crippen molar-refractivity contribution in [3.8, 4) is 0 Å². The number of pyridine rings is 1. The van der Waals surface area contributed by atoms with Gasteiger partial charge in [0.1, 0.15) is 17.2 Å². The summed E-state index contributed by atoms with van der Waals surface area (Å²) in [7, 11) is 1.59. The van der Waals surface area contributed by atoms with Crippen LogP contribution in [0.3, 0.4) is 0 Å². The number of piperazine rings is 1. The van der Waals surface area contributed by atoms with Crippen LogP contribution in [0.25, 0.3) is 10.9 Å². The summed E-state index contributed by atoms with van der Waals surface area (Å²) in [5.74, 6) is 0.806. The van der Waals surface area contributed by atoms with Gasteiger partial charge in [0.25, 0.3) is 0 Å². The smallest absolute Gasteiger partial charge is 0.343 e. The lowest BCUT2D eigenvalue weighted by Gasteiger charge is -2.36. The fraction of sp³-hybridized carbons (Fsp3) is 0.500. The van der Waals surface area contributed by atoms with Gasteiger partial charge in [0.2, 0.25) is 5.95 Å². The van der Waals surface area contributed by atoms with Gasteiger partial charge in [0, 0.05) is 69.7 Å². The fourth-order valence-corrected chi connectivity index (χ4v) is 4.05. The third kappa shape index (κ3) is 6.05. The molecular weight excluding hydrogens is 478 g/mol. The standard InChI is InChI=1S/C24H33N9O4/c1-5-37-22(34)18-15-27-23(29-20-12-19-17(13-26-20)14-28-33(19)16(2)3)30-21(18)31-7-9-32(10-8-31)24(35)25-6-11-36-4/h12-16H,5-11H2,1-4H3,(H,25,35)(H,26,27,29,30). The Balaban J connectivity index is 1.54. The number of methoxy groups -OCH3 is 1. The fourth-order valence-electron chi connectivity index (χ4n) is 4.05. The van der Waals surface area contributed by atoms with Crippen molar-refractivity contribution < 1.29 is 19.1 Å². The Hall–Kier alpha value is -4.00. The number of hydrogen-bond acceptors (Lipinski definition) is 10. The van der Waals surface area contributed by atoms with Gasteiger partial charge in [-0.2, -0.15) is 10.1 Å². The normalized spacial score (nSPS) is 13.8. The summed E-state index contributed by atoms with van der Waals surface area (Å²) in [6.45, 7) is 8.96. The predicted octanol–water partition coefficient (Wildman–Crippen LogP) is 2.20. The van der Waals surface area contributed by atoms with Gasteiger partial charge in [-0.15, -0.1) is 0 Å². The van der Waals surface area contributed by atoms with Crippen molar-refractivity contribution in [1.29, 1.82) is 0 Å². The maximum absolute atomic E-state index is 12.7. The minimum absolute atomic E-state index is 0.144. The molecule has 0 spiro atoms. The first-order chi connectivity index (χ1) is 17.9. The molecule has 1 aliphatic rings. The van der Waals surface area contributed by atoms with Crippen LogP contribution in [0.15, 0.2) is 24.7 Å².